The molecule has 4 rings (SSSR count). The molecule has 1 amide bonds. The van der Waals surface area contributed by atoms with E-state index in [0.717, 1.165) is 12.1 Å². The van der Waals surface area contributed by atoms with Gasteiger partial charge in [-0.05, 0) is 54.7 Å². The Morgan fingerprint density at radius 1 is 1.03 bits per heavy atom. The SMILES string of the molecule is O=C(NC(=S)Nc1ccc2oc(-c3cc(F)c(F)cc3Cl)nc2c1)c1ccccc1. The molecule has 0 saturated carbocycles. The standard InChI is InChI=1S/C21H12ClF2N3O2S/c22-14-10-16(24)15(23)9-13(14)20-26-17-8-12(6-7-18(17)29-20)25-21(30)27-19(28)11-4-2-1-3-5-11/h1-10H,(H2,25,27,28,30). The van der Waals surface area contributed by atoms with Gasteiger partial charge in [-0.2, -0.15) is 0 Å². The Hall–Kier alpha value is -3.36. The highest BCUT2D eigenvalue weighted by Gasteiger charge is 2.16. The van der Waals surface area contributed by atoms with Gasteiger partial charge in [-0.25, -0.2) is 13.8 Å². The number of fused-ring (bicyclic) bond motifs is 1. The minimum absolute atomic E-state index is 0.0244. The van der Waals surface area contributed by atoms with Crippen molar-refractivity contribution in [3.8, 4) is 11.5 Å². The van der Waals surface area contributed by atoms with Gasteiger partial charge in [-0.15, -0.1) is 0 Å². The maximum atomic E-state index is 13.6. The first kappa shape index (κ1) is 19.9. The van der Waals surface area contributed by atoms with Crippen molar-refractivity contribution in [2.45, 2.75) is 0 Å². The van der Waals surface area contributed by atoms with E-state index in [4.69, 9.17) is 28.2 Å². The summed E-state index contributed by atoms with van der Waals surface area (Å²) >= 11 is 11.2. The van der Waals surface area contributed by atoms with Crippen LogP contribution in [0.2, 0.25) is 5.02 Å². The van der Waals surface area contributed by atoms with Crippen molar-refractivity contribution < 1.29 is 18.0 Å². The summed E-state index contributed by atoms with van der Waals surface area (Å²) in [7, 11) is 0. The zero-order valence-electron chi connectivity index (χ0n) is 15.1. The van der Waals surface area contributed by atoms with Crippen LogP contribution in [0.1, 0.15) is 10.4 Å². The lowest BCUT2D eigenvalue weighted by molar-refractivity contribution is 0.0977. The van der Waals surface area contributed by atoms with Crippen LogP contribution in [-0.2, 0) is 0 Å². The van der Waals surface area contributed by atoms with Crippen molar-refractivity contribution in [1.82, 2.24) is 10.3 Å². The average Bonchev–Trinajstić information content (AvgIpc) is 3.14. The normalized spacial score (nSPS) is 10.8. The predicted molar refractivity (Wildman–Crippen MR) is 114 cm³/mol. The van der Waals surface area contributed by atoms with Gasteiger partial charge >= 0.3 is 0 Å². The van der Waals surface area contributed by atoms with Gasteiger partial charge in [0, 0.05) is 11.3 Å². The fraction of sp³-hybridized carbons (Fsp3) is 0. The Balaban J connectivity index is 1.53. The molecule has 0 fully saturated rings. The molecule has 0 aliphatic rings. The summed E-state index contributed by atoms with van der Waals surface area (Å²) in [6.07, 6.45) is 0. The molecule has 150 valence electrons. The smallest absolute Gasteiger partial charge is 0.257 e. The zero-order valence-corrected chi connectivity index (χ0v) is 16.7. The van der Waals surface area contributed by atoms with E-state index in [2.05, 4.69) is 15.6 Å². The summed E-state index contributed by atoms with van der Waals surface area (Å²) in [4.78, 5) is 16.4. The van der Waals surface area contributed by atoms with Gasteiger partial charge in [-0.3, -0.25) is 10.1 Å². The third kappa shape index (κ3) is 4.14. The Morgan fingerprint density at radius 3 is 2.53 bits per heavy atom. The van der Waals surface area contributed by atoms with E-state index >= 15 is 0 Å². The molecule has 30 heavy (non-hydrogen) atoms. The lowest BCUT2D eigenvalue weighted by atomic mass is 10.2. The number of hydrogen-bond donors (Lipinski definition) is 2. The van der Waals surface area contributed by atoms with Crippen LogP contribution < -0.4 is 10.6 Å². The van der Waals surface area contributed by atoms with Crippen molar-refractivity contribution in [2.75, 3.05) is 5.32 Å². The Labute approximate surface area is 179 Å². The van der Waals surface area contributed by atoms with Crippen LogP contribution in [-0.4, -0.2) is 16.0 Å². The summed E-state index contributed by atoms with van der Waals surface area (Å²) in [6.45, 7) is 0. The zero-order chi connectivity index (χ0) is 21.3. The van der Waals surface area contributed by atoms with Crippen molar-refractivity contribution in [3.05, 3.63) is 82.9 Å². The minimum atomic E-state index is -1.06. The molecule has 0 aliphatic carbocycles. The van der Waals surface area contributed by atoms with Crippen molar-refractivity contribution in [3.63, 3.8) is 0 Å². The molecule has 1 aromatic heterocycles. The number of nitrogens with zero attached hydrogens (tertiary/aromatic N) is 1. The number of halogens is 3. The van der Waals surface area contributed by atoms with Crippen molar-refractivity contribution >= 4 is 51.6 Å². The molecule has 9 heteroatoms. The van der Waals surface area contributed by atoms with Gasteiger partial charge < -0.3 is 9.73 Å². The van der Waals surface area contributed by atoms with E-state index in [9.17, 15) is 13.6 Å². The van der Waals surface area contributed by atoms with Crippen LogP contribution in [0.3, 0.4) is 0 Å². The molecule has 0 saturated heterocycles. The number of rotatable bonds is 3. The Kier molecular flexibility index (Phi) is 5.43. The third-order valence-electron chi connectivity index (χ3n) is 4.15. The number of aromatic nitrogens is 1. The van der Waals surface area contributed by atoms with E-state index in [0.29, 0.717) is 22.4 Å². The molecule has 5 nitrogen and oxygen atoms in total. The monoisotopic (exact) mass is 443 g/mol. The van der Waals surface area contributed by atoms with Crippen LogP contribution >= 0.6 is 23.8 Å². The van der Waals surface area contributed by atoms with E-state index in [-0.39, 0.29) is 27.5 Å². The van der Waals surface area contributed by atoms with E-state index in [1.165, 1.54) is 0 Å². The van der Waals surface area contributed by atoms with Crippen LogP contribution in [0.5, 0.6) is 0 Å². The predicted octanol–water partition coefficient (Wildman–Crippen LogP) is 5.55. The Bertz CT molecular complexity index is 1280. The first-order valence-electron chi connectivity index (χ1n) is 8.63. The maximum Gasteiger partial charge on any atom is 0.257 e. The van der Waals surface area contributed by atoms with Crippen LogP contribution in [0.4, 0.5) is 14.5 Å². The molecule has 3 aromatic carbocycles. The number of nitrogens with one attached hydrogen (secondary N) is 2. The van der Waals surface area contributed by atoms with Gasteiger partial charge in [0.15, 0.2) is 22.3 Å². The number of thiocarbonyl (C=S) groups is 1. The lowest BCUT2D eigenvalue weighted by Gasteiger charge is -2.09. The van der Waals surface area contributed by atoms with Crippen LogP contribution in [0.25, 0.3) is 22.6 Å². The Morgan fingerprint density at radius 2 is 1.77 bits per heavy atom. The number of carbonyl (C=O) groups excluding carboxylic acids is 1. The van der Waals surface area contributed by atoms with Gasteiger partial charge in [0.05, 0.1) is 10.6 Å². The third-order valence-corrected chi connectivity index (χ3v) is 4.67. The molecule has 2 N–H and O–H groups in total. The first-order chi connectivity index (χ1) is 14.4. The quantitative estimate of drug-likeness (QED) is 0.321. The highest BCUT2D eigenvalue weighted by molar-refractivity contribution is 7.80. The van der Waals surface area contributed by atoms with E-state index < -0.39 is 11.6 Å². The second-order valence-electron chi connectivity index (χ2n) is 6.22. The molecule has 0 aliphatic heterocycles. The number of amides is 1. The number of oxazole rings is 1. The van der Waals surface area contributed by atoms with Gasteiger partial charge in [0.25, 0.3) is 5.91 Å². The molecule has 0 atom stereocenters. The summed E-state index contributed by atoms with van der Waals surface area (Å²) in [6, 6.07) is 15.4. The second-order valence-corrected chi connectivity index (χ2v) is 7.04. The molecule has 0 radical (unpaired) electrons. The van der Waals surface area contributed by atoms with E-state index in [1.54, 1.807) is 42.5 Å². The lowest BCUT2D eigenvalue weighted by Crippen LogP contribution is -2.34. The summed E-state index contributed by atoms with van der Waals surface area (Å²) in [5.74, 6) is -2.41. The van der Waals surface area contributed by atoms with Crippen molar-refractivity contribution in [2.24, 2.45) is 0 Å². The second kappa shape index (κ2) is 8.17. The van der Waals surface area contributed by atoms with E-state index in [1.807, 2.05) is 6.07 Å². The van der Waals surface area contributed by atoms with Crippen LogP contribution in [0, 0.1) is 11.6 Å². The number of benzene rings is 3. The summed E-state index contributed by atoms with van der Waals surface area (Å²) in [5, 5.41) is 5.56. The average molecular weight is 444 g/mol. The molecule has 0 bridgehead atoms. The summed E-state index contributed by atoms with van der Waals surface area (Å²) in [5.41, 5.74) is 2.01. The summed E-state index contributed by atoms with van der Waals surface area (Å²) < 4.78 is 32.5. The van der Waals surface area contributed by atoms with Gasteiger partial charge in [-0.1, -0.05) is 29.8 Å². The molecule has 4 aromatic rings. The largest absolute Gasteiger partial charge is 0.436 e. The molecular formula is C21H12ClF2N3O2S. The van der Waals surface area contributed by atoms with Gasteiger partial charge in [0.2, 0.25) is 5.89 Å². The fourth-order valence-corrected chi connectivity index (χ4v) is 3.18. The van der Waals surface area contributed by atoms with Crippen molar-refractivity contribution in [1.29, 1.82) is 0 Å². The molecule has 0 spiro atoms. The fourth-order valence-electron chi connectivity index (χ4n) is 2.73. The number of carbonyl (C=O) groups is 1. The van der Waals surface area contributed by atoms with Gasteiger partial charge in [0.1, 0.15) is 5.52 Å². The molecule has 1 heterocycles. The topological polar surface area (TPSA) is 67.2 Å². The molecular weight excluding hydrogens is 432 g/mol. The van der Waals surface area contributed by atoms with Crippen LogP contribution in [0.15, 0.2) is 65.1 Å². The number of hydrogen-bond acceptors (Lipinski definition) is 4. The first-order valence-corrected chi connectivity index (χ1v) is 9.42. The number of anilines is 1. The minimum Gasteiger partial charge on any atom is -0.436 e. The molecule has 0 unspecified atom stereocenters. The highest BCUT2D eigenvalue weighted by Crippen LogP contribution is 2.32. The maximum absolute atomic E-state index is 13.6. The highest BCUT2D eigenvalue weighted by atomic mass is 35.5.